The van der Waals surface area contributed by atoms with Gasteiger partial charge in [-0.1, -0.05) is 32.9 Å². The smallest absolute Gasteiger partial charge is 0.187 e. The van der Waals surface area contributed by atoms with Gasteiger partial charge in [-0.15, -0.1) is 0 Å². The summed E-state index contributed by atoms with van der Waals surface area (Å²) in [6.07, 6.45) is -15.2. The lowest BCUT2D eigenvalue weighted by Crippen LogP contribution is -2.67. The van der Waals surface area contributed by atoms with Gasteiger partial charge in [0.05, 0.1) is 38.6 Å². The molecule has 0 amide bonds. The Morgan fingerprint density at radius 3 is 1.81 bits per heavy atom. The molecular formula is C45H72O18. The van der Waals surface area contributed by atoms with Crippen LogP contribution in [0, 0.1) is 46.3 Å². The van der Waals surface area contributed by atoms with Crippen LogP contribution < -0.4 is 0 Å². The van der Waals surface area contributed by atoms with Crippen LogP contribution in [0.25, 0.3) is 0 Å². The normalized spacial score (nSPS) is 57.0. The van der Waals surface area contributed by atoms with Crippen molar-refractivity contribution in [3.8, 4) is 0 Å². The van der Waals surface area contributed by atoms with Crippen LogP contribution in [0.1, 0.15) is 85.0 Å². The molecule has 1 spiro atoms. The van der Waals surface area contributed by atoms with Gasteiger partial charge >= 0.3 is 0 Å². The zero-order valence-corrected chi connectivity index (χ0v) is 36.6. The Morgan fingerprint density at radius 2 is 1.21 bits per heavy atom. The fourth-order valence-electron chi connectivity index (χ4n) is 14.5. The first kappa shape index (κ1) is 47.1. The molecule has 5 saturated heterocycles. The Hall–Kier alpha value is -0.980. The minimum absolute atomic E-state index is 0.0561. The summed E-state index contributed by atoms with van der Waals surface area (Å²) in [7, 11) is 0. The van der Waals surface area contributed by atoms with Crippen LogP contribution in [0.15, 0.2) is 12.2 Å². The number of hydrogen-bond donors (Lipinski definition) is 10. The van der Waals surface area contributed by atoms with Gasteiger partial charge in [0.1, 0.15) is 73.2 Å². The van der Waals surface area contributed by atoms with E-state index in [9.17, 15) is 51.1 Å². The number of aliphatic hydroxyl groups excluding tert-OH is 10. The average molecular weight is 901 g/mol. The molecular weight excluding hydrogens is 828 g/mol. The van der Waals surface area contributed by atoms with Gasteiger partial charge in [0.15, 0.2) is 24.7 Å². The highest BCUT2D eigenvalue weighted by Gasteiger charge is 2.69. The summed E-state index contributed by atoms with van der Waals surface area (Å²) in [5.41, 5.74) is 1.36. The van der Waals surface area contributed by atoms with Crippen molar-refractivity contribution in [1.82, 2.24) is 0 Å². The van der Waals surface area contributed by atoms with E-state index in [1.165, 1.54) is 0 Å². The van der Waals surface area contributed by atoms with E-state index in [1.807, 2.05) is 0 Å². The SMILES string of the molecule is C=C1CC[C@@]2(OC1)O[C@H]1CC3[C@@H]4CC[C@@H]5C[C@@H](O[C@@H]6O[C@H](CO)[C@@H](O)[C@H](O[C@@H]7O[C@H](CO)[C@@H](O)[C@H](O)[C@H]7O)[C@H]6O[C@@H]6O[C@H](CO)[C@@H](O)[C@H](O)[C@H]6O)CC[C@]5(C)C4CC[C@]3(C)[C@H]1[C@@H]2C. The van der Waals surface area contributed by atoms with Crippen LogP contribution in [0.2, 0.25) is 0 Å². The Labute approximate surface area is 368 Å². The number of rotatable bonds is 9. The standard InChI is InChI=1S/C45H72O18/c1-19-7-12-45(56-18-19)20(2)30-26(63-45)14-25-23-6-5-21-13-22(8-10-43(21,3)24(23)9-11-44(25,30)4)57-42-39(62-41-37(55)35(53)32(50)28(16-47)59-41)38(33(51)29(17-48)60-42)61-40-36(54)34(52)31(49)27(15-46)58-40/h20-42,46-55H,1,5-18H2,2-4H3/t20-,21+,22-,23+,24?,25?,26-,27+,28+,29+,30-,31+,32+,33+,34-,35-,36+,37+,38-,39+,40-,41-,42+,43-,44-,45+/m0/s1. The predicted molar refractivity (Wildman–Crippen MR) is 216 cm³/mol. The van der Waals surface area contributed by atoms with Gasteiger partial charge in [0, 0.05) is 12.3 Å². The highest BCUT2D eigenvalue weighted by Crippen LogP contribution is 2.71. The summed E-state index contributed by atoms with van der Waals surface area (Å²) in [6, 6.07) is 0. The second kappa shape index (κ2) is 17.8. The quantitative estimate of drug-likeness (QED) is 0.100. The van der Waals surface area contributed by atoms with E-state index in [4.69, 9.17) is 37.9 Å². The zero-order chi connectivity index (χ0) is 44.9. The van der Waals surface area contributed by atoms with E-state index in [0.717, 1.165) is 56.9 Å². The van der Waals surface area contributed by atoms with E-state index < -0.39 is 118 Å². The van der Waals surface area contributed by atoms with Gasteiger partial charge in [-0.25, -0.2) is 0 Å². The molecule has 0 bridgehead atoms. The fourth-order valence-corrected chi connectivity index (χ4v) is 14.5. The number of hydrogen-bond acceptors (Lipinski definition) is 18. The maximum Gasteiger partial charge on any atom is 0.187 e. The molecule has 5 aliphatic heterocycles. The molecule has 63 heavy (non-hydrogen) atoms. The van der Waals surface area contributed by atoms with Crippen molar-refractivity contribution in [2.75, 3.05) is 26.4 Å². The third kappa shape index (κ3) is 7.81. The Morgan fingerprint density at radius 1 is 0.619 bits per heavy atom. The maximum absolute atomic E-state index is 11.6. The van der Waals surface area contributed by atoms with Crippen molar-refractivity contribution in [3.63, 3.8) is 0 Å². The summed E-state index contributed by atoms with van der Waals surface area (Å²) in [5.74, 6) is 2.25. The fraction of sp³-hybridized carbons (Fsp3) is 0.956. The first-order valence-corrected chi connectivity index (χ1v) is 23.5. The monoisotopic (exact) mass is 900 g/mol. The van der Waals surface area contributed by atoms with E-state index in [0.29, 0.717) is 55.0 Å². The van der Waals surface area contributed by atoms with Crippen LogP contribution in [0.4, 0.5) is 0 Å². The van der Waals surface area contributed by atoms with Gasteiger partial charge < -0.3 is 89.0 Å². The lowest BCUT2D eigenvalue weighted by atomic mass is 9.44. The molecule has 26 atom stereocenters. The molecule has 9 aliphatic rings. The summed E-state index contributed by atoms with van der Waals surface area (Å²) in [6.45, 7) is 9.85. The van der Waals surface area contributed by atoms with Gasteiger partial charge in [-0.3, -0.25) is 0 Å². The minimum atomic E-state index is -1.87. The van der Waals surface area contributed by atoms with Crippen LogP contribution in [0.5, 0.6) is 0 Å². The zero-order valence-electron chi connectivity index (χ0n) is 36.6. The van der Waals surface area contributed by atoms with Gasteiger partial charge in [0.2, 0.25) is 0 Å². The summed E-state index contributed by atoms with van der Waals surface area (Å²) in [5, 5.41) is 106. The van der Waals surface area contributed by atoms with Crippen LogP contribution in [-0.2, 0) is 37.9 Å². The first-order chi connectivity index (χ1) is 30.0. The minimum Gasteiger partial charge on any atom is -0.394 e. The van der Waals surface area contributed by atoms with Gasteiger partial charge in [-0.05, 0) is 98.2 Å². The predicted octanol–water partition coefficient (Wildman–Crippen LogP) is -0.813. The maximum atomic E-state index is 11.6. The number of ether oxygens (including phenoxy) is 8. The molecule has 2 unspecified atom stereocenters. The molecule has 0 aromatic heterocycles. The Balaban J connectivity index is 0.926. The van der Waals surface area contributed by atoms with Crippen molar-refractivity contribution < 1.29 is 89.0 Å². The largest absolute Gasteiger partial charge is 0.394 e. The van der Waals surface area contributed by atoms with Crippen LogP contribution in [0.3, 0.4) is 0 Å². The van der Waals surface area contributed by atoms with E-state index in [2.05, 4.69) is 27.4 Å². The van der Waals surface area contributed by atoms with Crippen LogP contribution in [-0.4, -0.2) is 188 Å². The lowest BCUT2D eigenvalue weighted by Gasteiger charge is -2.61. The van der Waals surface area contributed by atoms with Gasteiger partial charge in [-0.2, -0.15) is 0 Å². The summed E-state index contributed by atoms with van der Waals surface area (Å²) >= 11 is 0. The summed E-state index contributed by atoms with van der Waals surface area (Å²) < 4.78 is 50.0. The van der Waals surface area contributed by atoms with Crippen LogP contribution >= 0.6 is 0 Å². The number of fused-ring (bicyclic) bond motifs is 7. The van der Waals surface area contributed by atoms with E-state index in [-0.39, 0.29) is 23.0 Å². The van der Waals surface area contributed by atoms with Crippen molar-refractivity contribution in [2.45, 2.75) is 195 Å². The molecule has 10 N–H and O–H groups in total. The van der Waals surface area contributed by atoms with Crippen molar-refractivity contribution in [1.29, 1.82) is 0 Å². The third-order valence-corrected chi connectivity index (χ3v) is 18.0. The second-order valence-electron chi connectivity index (χ2n) is 21.1. The summed E-state index contributed by atoms with van der Waals surface area (Å²) in [4.78, 5) is 0. The van der Waals surface area contributed by atoms with E-state index in [1.54, 1.807) is 0 Å². The Kier molecular flexibility index (Phi) is 13.3. The second-order valence-corrected chi connectivity index (χ2v) is 21.1. The molecule has 18 heteroatoms. The molecule has 0 aromatic rings. The Bertz CT molecular complexity index is 1610. The van der Waals surface area contributed by atoms with Crippen molar-refractivity contribution in [2.24, 2.45) is 46.3 Å². The van der Waals surface area contributed by atoms with Crippen molar-refractivity contribution in [3.05, 3.63) is 12.2 Å². The molecule has 4 saturated carbocycles. The molecule has 360 valence electrons. The molecule has 9 rings (SSSR count). The molecule has 18 nitrogen and oxygen atoms in total. The van der Waals surface area contributed by atoms with Gasteiger partial charge in [0.25, 0.3) is 0 Å². The molecule has 4 aliphatic carbocycles. The molecule has 0 aromatic carbocycles. The molecule has 5 heterocycles. The van der Waals surface area contributed by atoms with Crippen molar-refractivity contribution >= 4 is 0 Å². The molecule has 9 fully saturated rings. The third-order valence-electron chi connectivity index (χ3n) is 18.0. The lowest BCUT2D eigenvalue weighted by molar-refractivity contribution is -0.396. The van der Waals surface area contributed by atoms with E-state index >= 15 is 0 Å². The number of aliphatic hydroxyl groups is 10. The molecule has 0 radical (unpaired) electrons. The average Bonchev–Trinajstić information content (AvgIpc) is 3.72. The highest BCUT2D eigenvalue weighted by molar-refractivity contribution is 5.16. The first-order valence-electron chi connectivity index (χ1n) is 23.5. The highest BCUT2D eigenvalue weighted by atomic mass is 16.8. The topological polar surface area (TPSA) is 276 Å².